The first-order valence-corrected chi connectivity index (χ1v) is 7.56. The van der Waals surface area contributed by atoms with Gasteiger partial charge in [-0.25, -0.2) is 18.1 Å². The number of sulfonamides is 1. The van der Waals surface area contributed by atoms with Crippen molar-refractivity contribution >= 4 is 10.0 Å². The number of imidazole rings is 1. The standard InChI is InChI=1S/C11H19N3O3S/c1-9(2)14-6-10(12-8-14)18(16,17)13-7-11(15)4-3-5-11/h6,8-9,13,15H,3-5,7H2,1-2H3. The Hall–Kier alpha value is -0.920. The van der Waals surface area contributed by atoms with Crippen molar-refractivity contribution in [3.05, 3.63) is 12.5 Å². The highest BCUT2D eigenvalue weighted by atomic mass is 32.2. The second-order valence-corrected chi connectivity index (χ2v) is 6.87. The lowest BCUT2D eigenvalue weighted by Gasteiger charge is -2.36. The molecule has 1 aliphatic rings. The number of nitrogens with zero attached hydrogens (tertiary/aromatic N) is 2. The molecule has 1 aromatic heterocycles. The zero-order chi connectivity index (χ0) is 13.4. The Kier molecular flexibility index (Phi) is 3.48. The molecule has 0 spiro atoms. The lowest BCUT2D eigenvalue weighted by Crippen LogP contribution is -2.47. The van der Waals surface area contributed by atoms with Gasteiger partial charge in [-0.15, -0.1) is 0 Å². The number of rotatable bonds is 5. The fraction of sp³-hybridized carbons (Fsp3) is 0.727. The summed E-state index contributed by atoms with van der Waals surface area (Å²) in [6, 6.07) is 0.164. The van der Waals surface area contributed by atoms with Gasteiger partial charge in [-0.1, -0.05) is 0 Å². The largest absolute Gasteiger partial charge is 0.389 e. The second kappa shape index (κ2) is 4.64. The molecule has 0 saturated heterocycles. The number of nitrogens with one attached hydrogen (secondary N) is 1. The summed E-state index contributed by atoms with van der Waals surface area (Å²) in [6.45, 7) is 3.95. The Balaban J connectivity index is 2.05. The molecule has 0 unspecified atom stereocenters. The van der Waals surface area contributed by atoms with Crippen molar-refractivity contribution in [3.8, 4) is 0 Å². The van der Waals surface area contributed by atoms with Crippen LogP contribution in [0.3, 0.4) is 0 Å². The molecule has 0 aromatic carbocycles. The Bertz CT molecular complexity index is 517. The number of hydrogen-bond acceptors (Lipinski definition) is 4. The van der Waals surface area contributed by atoms with E-state index in [0.29, 0.717) is 12.8 Å². The summed E-state index contributed by atoms with van der Waals surface area (Å²) in [4.78, 5) is 3.88. The van der Waals surface area contributed by atoms with Gasteiger partial charge in [0.25, 0.3) is 10.0 Å². The summed E-state index contributed by atoms with van der Waals surface area (Å²) in [7, 11) is -3.62. The van der Waals surface area contributed by atoms with Gasteiger partial charge in [0.05, 0.1) is 11.9 Å². The van der Waals surface area contributed by atoms with Crippen LogP contribution in [0.25, 0.3) is 0 Å². The minimum Gasteiger partial charge on any atom is -0.389 e. The third-order valence-corrected chi connectivity index (χ3v) is 4.61. The van der Waals surface area contributed by atoms with Gasteiger partial charge in [-0.05, 0) is 33.1 Å². The molecule has 18 heavy (non-hydrogen) atoms. The van der Waals surface area contributed by atoms with E-state index in [9.17, 15) is 13.5 Å². The van der Waals surface area contributed by atoms with E-state index in [1.54, 1.807) is 4.57 Å². The topological polar surface area (TPSA) is 84.2 Å². The van der Waals surface area contributed by atoms with Gasteiger partial charge in [0.2, 0.25) is 0 Å². The van der Waals surface area contributed by atoms with Crippen LogP contribution in [0.5, 0.6) is 0 Å². The van der Waals surface area contributed by atoms with Crippen LogP contribution in [0.4, 0.5) is 0 Å². The maximum atomic E-state index is 12.0. The van der Waals surface area contributed by atoms with E-state index in [-0.39, 0.29) is 17.6 Å². The average molecular weight is 273 g/mol. The van der Waals surface area contributed by atoms with E-state index in [4.69, 9.17) is 0 Å². The molecule has 2 rings (SSSR count). The lowest BCUT2D eigenvalue weighted by molar-refractivity contribution is -0.0271. The molecule has 1 aliphatic carbocycles. The van der Waals surface area contributed by atoms with Crippen LogP contribution in [-0.2, 0) is 10.0 Å². The van der Waals surface area contributed by atoms with Crippen molar-refractivity contribution in [1.29, 1.82) is 0 Å². The molecular formula is C11H19N3O3S. The van der Waals surface area contributed by atoms with Gasteiger partial charge in [0, 0.05) is 18.8 Å². The van der Waals surface area contributed by atoms with Crippen molar-refractivity contribution in [1.82, 2.24) is 14.3 Å². The molecule has 102 valence electrons. The van der Waals surface area contributed by atoms with Crippen LogP contribution in [0.1, 0.15) is 39.2 Å². The molecule has 1 saturated carbocycles. The third-order valence-electron chi connectivity index (χ3n) is 3.32. The van der Waals surface area contributed by atoms with Gasteiger partial charge in [-0.2, -0.15) is 0 Å². The fourth-order valence-electron chi connectivity index (χ4n) is 1.80. The first kappa shape index (κ1) is 13.5. The third kappa shape index (κ3) is 2.73. The van der Waals surface area contributed by atoms with Crippen LogP contribution in [-0.4, -0.2) is 35.2 Å². The van der Waals surface area contributed by atoms with Gasteiger partial charge in [-0.3, -0.25) is 0 Å². The SMILES string of the molecule is CC(C)n1cnc(S(=O)(=O)NCC2(O)CCC2)c1. The maximum absolute atomic E-state index is 12.0. The minimum absolute atomic E-state index is 0.000812. The monoisotopic (exact) mass is 273 g/mol. The maximum Gasteiger partial charge on any atom is 0.259 e. The smallest absolute Gasteiger partial charge is 0.259 e. The zero-order valence-corrected chi connectivity index (χ0v) is 11.4. The highest BCUT2D eigenvalue weighted by molar-refractivity contribution is 7.89. The molecule has 0 atom stereocenters. The molecular weight excluding hydrogens is 254 g/mol. The summed E-state index contributed by atoms with van der Waals surface area (Å²) in [6.07, 6.45) is 5.24. The first-order valence-electron chi connectivity index (χ1n) is 6.08. The summed E-state index contributed by atoms with van der Waals surface area (Å²) in [5, 5.41) is 9.86. The quantitative estimate of drug-likeness (QED) is 0.825. The molecule has 0 amide bonds. The van der Waals surface area contributed by atoms with Crippen molar-refractivity contribution < 1.29 is 13.5 Å². The van der Waals surface area contributed by atoms with E-state index in [2.05, 4.69) is 9.71 Å². The van der Waals surface area contributed by atoms with E-state index in [1.165, 1.54) is 12.5 Å². The van der Waals surface area contributed by atoms with Gasteiger partial charge in [0.15, 0.2) is 5.03 Å². The van der Waals surface area contributed by atoms with Crippen LogP contribution in [0, 0.1) is 0 Å². The van der Waals surface area contributed by atoms with Gasteiger partial charge < -0.3 is 9.67 Å². The number of aliphatic hydroxyl groups is 1. The summed E-state index contributed by atoms with van der Waals surface area (Å²) in [5.74, 6) is 0. The lowest BCUT2D eigenvalue weighted by atomic mass is 9.81. The summed E-state index contributed by atoms with van der Waals surface area (Å²) >= 11 is 0. The van der Waals surface area contributed by atoms with Crippen LogP contribution in [0.2, 0.25) is 0 Å². The normalized spacial score (nSPS) is 18.9. The highest BCUT2D eigenvalue weighted by Gasteiger charge is 2.35. The van der Waals surface area contributed by atoms with Crippen LogP contribution in [0.15, 0.2) is 17.6 Å². The number of aromatic nitrogens is 2. The predicted molar refractivity (Wildman–Crippen MR) is 66.6 cm³/mol. The van der Waals surface area contributed by atoms with E-state index < -0.39 is 15.6 Å². The average Bonchev–Trinajstić information content (AvgIpc) is 2.73. The molecule has 1 fully saturated rings. The van der Waals surface area contributed by atoms with E-state index >= 15 is 0 Å². The molecule has 0 aliphatic heterocycles. The van der Waals surface area contributed by atoms with Gasteiger partial charge >= 0.3 is 0 Å². The van der Waals surface area contributed by atoms with Crippen LogP contribution < -0.4 is 4.72 Å². The zero-order valence-electron chi connectivity index (χ0n) is 10.6. The van der Waals surface area contributed by atoms with Crippen molar-refractivity contribution in [2.75, 3.05) is 6.54 Å². The van der Waals surface area contributed by atoms with E-state index in [0.717, 1.165) is 6.42 Å². The van der Waals surface area contributed by atoms with Crippen molar-refractivity contribution in [3.63, 3.8) is 0 Å². The molecule has 2 N–H and O–H groups in total. The Labute approximate surface area is 107 Å². The highest BCUT2D eigenvalue weighted by Crippen LogP contribution is 2.30. The van der Waals surface area contributed by atoms with E-state index in [1.807, 2.05) is 13.8 Å². The molecule has 0 radical (unpaired) electrons. The Morgan fingerprint density at radius 2 is 2.22 bits per heavy atom. The minimum atomic E-state index is -3.62. The molecule has 1 heterocycles. The fourth-order valence-corrected chi connectivity index (χ4v) is 2.86. The summed E-state index contributed by atoms with van der Waals surface area (Å²) in [5.41, 5.74) is -0.867. The molecule has 7 heteroatoms. The Morgan fingerprint density at radius 3 is 2.67 bits per heavy atom. The Morgan fingerprint density at radius 1 is 1.56 bits per heavy atom. The second-order valence-electron chi connectivity index (χ2n) is 5.16. The number of hydrogen-bond donors (Lipinski definition) is 2. The molecule has 6 nitrogen and oxygen atoms in total. The molecule has 0 bridgehead atoms. The van der Waals surface area contributed by atoms with Crippen LogP contribution >= 0.6 is 0 Å². The first-order chi connectivity index (χ1) is 8.32. The van der Waals surface area contributed by atoms with Gasteiger partial charge in [0.1, 0.15) is 0 Å². The van der Waals surface area contributed by atoms with Crippen molar-refractivity contribution in [2.45, 2.75) is 49.8 Å². The molecule has 1 aromatic rings. The predicted octanol–water partition coefficient (Wildman–Crippen LogP) is 0.657. The van der Waals surface area contributed by atoms with Crippen molar-refractivity contribution in [2.24, 2.45) is 0 Å². The summed E-state index contributed by atoms with van der Waals surface area (Å²) < 4.78 is 28.1.